The summed E-state index contributed by atoms with van der Waals surface area (Å²) < 4.78 is 26.0. The Morgan fingerprint density at radius 2 is 1.74 bits per heavy atom. The monoisotopic (exact) mass is 478 g/mol. The van der Waals surface area contributed by atoms with Gasteiger partial charge in [0, 0.05) is 18.4 Å². The molecule has 0 atom stereocenters. The molecule has 4 aromatic rings. The highest BCUT2D eigenvalue weighted by Gasteiger charge is 2.17. The number of ether oxygens (including phenoxy) is 2. The Balaban J connectivity index is 1.66. The van der Waals surface area contributed by atoms with Crippen molar-refractivity contribution in [2.24, 2.45) is 0 Å². The second kappa shape index (κ2) is 10.2. The van der Waals surface area contributed by atoms with Gasteiger partial charge in [-0.15, -0.1) is 0 Å². The number of carbonyl (C=O) groups excluding carboxylic acids is 1. The first-order valence-corrected chi connectivity index (χ1v) is 10.8. The van der Waals surface area contributed by atoms with Gasteiger partial charge in [-0.2, -0.15) is 0 Å². The normalized spacial score (nSPS) is 10.8. The first-order chi connectivity index (χ1) is 16.9. The van der Waals surface area contributed by atoms with Gasteiger partial charge in [0.05, 0.1) is 19.7 Å². The van der Waals surface area contributed by atoms with Crippen molar-refractivity contribution in [2.75, 3.05) is 19.5 Å². The molecule has 0 aliphatic heterocycles. The standard InChI is InChI=1S/C25H23FN4O5/c1-34-20-10-5-16(14-21(20)35-2)11-13-29-24(32)23-19(4-3-12-27-23)30(25(29)33)15-22(31)28-18-8-6-17(26)7-9-18/h3-10,12,14H,11,13,15H2,1-2H3,(H,28,31). The molecule has 2 aromatic carbocycles. The van der Waals surface area contributed by atoms with Crippen molar-refractivity contribution in [3.05, 3.63) is 93.0 Å². The third-order valence-corrected chi connectivity index (χ3v) is 5.49. The van der Waals surface area contributed by atoms with E-state index in [2.05, 4.69) is 10.3 Å². The van der Waals surface area contributed by atoms with E-state index in [9.17, 15) is 18.8 Å². The minimum Gasteiger partial charge on any atom is -0.493 e. The molecule has 10 heteroatoms. The van der Waals surface area contributed by atoms with Crippen molar-refractivity contribution in [3.63, 3.8) is 0 Å². The van der Waals surface area contributed by atoms with Crippen LogP contribution in [0, 0.1) is 5.82 Å². The number of benzene rings is 2. The molecule has 4 rings (SSSR count). The Hall–Kier alpha value is -4.47. The highest BCUT2D eigenvalue weighted by molar-refractivity contribution is 5.91. The molecule has 0 aliphatic rings. The number of carbonyl (C=O) groups is 1. The minimum absolute atomic E-state index is 0.0687. The van der Waals surface area contributed by atoms with E-state index in [1.54, 1.807) is 24.3 Å². The molecule has 1 amide bonds. The maximum atomic E-state index is 13.3. The van der Waals surface area contributed by atoms with Crippen LogP contribution in [0.4, 0.5) is 10.1 Å². The van der Waals surface area contributed by atoms with E-state index in [1.807, 2.05) is 6.07 Å². The van der Waals surface area contributed by atoms with E-state index in [1.165, 1.54) is 49.2 Å². The Bertz CT molecular complexity index is 1490. The summed E-state index contributed by atoms with van der Waals surface area (Å²) in [4.78, 5) is 43.2. The summed E-state index contributed by atoms with van der Waals surface area (Å²) in [6.07, 6.45) is 1.81. The fourth-order valence-electron chi connectivity index (χ4n) is 3.75. The number of rotatable bonds is 8. The molecular formula is C25H23FN4O5. The third-order valence-electron chi connectivity index (χ3n) is 5.49. The Kier molecular flexibility index (Phi) is 6.91. The van der Waals surface area contributed by atoms with Gasteiger partial charge < -0.3 is 14.8 Å². The van der Waals surface area contributed by atoms with Gasteiger partial charge in [0.15, 0.2) is 17.0 Å². The summed E-state index contributed by atoms with van der Waals surface area (Å²) in [7, 11) is 3.06. The van der Waals surface area contributed by atoms with Crippen molar-refractivity contribution >= 4 is 22.6 Å². The lowest BCUT2D eigenvalue weighted by molar-refractivity contribution is -0.116. The summed E-state index contributed by atoms with van der Waals surface area (Å²) >= 11 is 0. The highest BCUT2D eigenvalue weighted by atomic mass is 19.1. The van der Waals surface area contributed by atoms with Gasteiger partial charge >= 0.3 is 5.69 Å². The number of halogens is 1. The second-order valence-corrected chi connectivity index (χ2v) is 7.69. The van der Waals surface area contributed by atoms with E-state index in [-0.39, 0.29) is 24.1 Å². The zero-order valence-corrected chi connectivity index (χ0v) is 19.2. The van der Waals surface area contributed by atoms with Gasteiger partial charge in [-0.3, -0.25) is 18.7 Å². The van der Waals surface area contributed by atoms with Crippen molar-refractivity contribution < 1.29 is 18.7 Å². The molecule has 0 saturated heterocycles. The number of methoxy groups -OCH3 is 2. The molecule has 35 heavy (non-hydrogen) atoms. The largest absolute Gasteiger partial charge is 0.493 e. The molecule has 9 nitrogen and oxygen atoms in total. The number of nitrogens with zero attached hydrogens (tertiary/aromatic N) is 3. The molecule has 0 aliphatic carbocycles. The first kappa shape index (κ1) is 23.7. The van der Waals surface area contributed by atoms with Gasteiger partial charge in [0.2, 0.25) is 5.91 Å². The van der Waals surface area contributed by atoms with Crippen LogP contribution >= 0.6 is 0 Å². The van der Waals surface area contributed by atoms with Crippen molar-refractivity contribution in [1.82, 2.24) is 14.1 Å². The molecule has 0 saturated carbocycles. The quantitative estimate of drug-likeness (QED) is 0.418. The number of aromatic nitrogens is 3. The first-order valence-electron chi connectivity index (χ1n) is 10.8. The van der Waals surface area contributed by atoms with Gasteiger partial charge in [-0.05, 0) is 60.5 Å². The summed E-state index contributed by atoms with van der Waals surface area (Å²) in [6.45, 7) is -0.283. The summed E-state index contributed by atoms with van der Waals surface area (Å²) in [5.74, 6) is 0.164. The minimum atomic E-state index is -0.634. The van der Waals surface area contributed by atoms with Gasteiger partial charge in [-0.1, -0.05) is 6.07 Å². The summed E-state index contributed by atoms with van der Waals surface area (Å²) in [5, 5.41) is 2.63. The number of aryl methyl sites for hydroxylation is 1. The van der Waals surface area contributed by atoms with Gasteiger partial charge in [0.25, 0.3) is 5.56 Å². The van der Waals surface area contributed by atoms with Crippen molar-refractivity contribution in [1.29, 1.82) is 0 Å². The van der Waals surface area contributed by atoms with Crippen LogP contribution < -0.4 is 26.0 Å². The molecule has 2 aromatic heterocycles. The second-order valence-electron chi connectivity index (χ2n) is 7.69. The third kappa shape index (κ3) is 5.06. The van der Waals surface area contributed by atoms with Crippen LogP contribution in [0.25, 0.3) is 11.0 Å². The van der Waals surface area contributed by atoms with Crippen LogP contribution in [0.3, 0.4) is 0 Å². The number of fused-ring (bicyclic) bond motifs is 1. The number of nitrogens with one attached hydrogen (secondary N) is 1. The zero-order chi connectivity index (χ0) is 24.9. The number of pyridine rings is 1. The Labute approximate surface area is 199 Å². The zero-order valence-electron chi connectivity index (χ0n) is 19.2. The maximum Gasteiger partial charge on any atom is 0.332 e. The average Bonchev–Trinajstić information content (AvgIpc) is 2.87. The average molecular weight is 478 g/mol. The van der Waals surface area contributed by atoms with Crippen LogP contribution in [-0.4, -0.2) is 34.2 Å². The van der Waals surface area contributed by atoms with Gasteiger partial charge in [-0.25, -0.2) is 14.2 Å². The van der Waals surface area contributed by atoms with E-state index < -0.39 is 23.0 Å². The predicted molar refractivity (Wildman–Crippen MR) is 129 cm³/mol. The van der Waals surface area contributed by atoms with E-state index in [0.717, 1.165) is 10.1 Å². The Morgan fingerprint density at radius 1 is 1.00 bits per heavy atom. The topological polar surface area (TPSA) is 104 Å². The van der Waals surface area contributed by atoms with Crippen LogP contribution in [0.2, 0.25) is 0 Å². The number of hydrogen-bond donors (Lipinski definition) is 1. The van der Waals surface area contributed by atoms with E-state index in [4.69, 9.17) is 9.47 Å². The fourth-order valence-corrected chi connectivity index (χ4v) is 3.75. The lowest BCUT2D eigenvalue weighted by atomic mass is 10.1. The van der Waals surface area contributed by atoms with E-state index in [0.29, 0.717) is 23.6 Å². The molecule has 180 valence electrons. The molecule has 1 N–H and O–H groups in total. The van der Waals surface area contributed by atoms with Crippen LogP contribution in [-0.2, 0) is 24.3 Å². The van der Waals surface area contributed by atoms with Crippen molar-refractivity contribution in [2.45, 2.75) is 19.5 Å². The molecule has 0 radical (unpaired) electrons. The lowest BCUT2D eigenvalue weighted by Gasteiger charge is -2.14. The van der Waals surface area contributed by atoms with Crippen molar-refractivity contribution in [3.8, 4) is 11.5 Å². The van der Waals surface area contributed by atoms with Gasteiger partial charge in [0.1, 0.15) is 12.4 Å². The summed E-state index contributed by atoms with van der Waals surface area (Å²) in [6, 6.07) is 13.8. The Morgan fingerprint density at radius 3 is 2.46 bits per heavy atom. The summed E-state index contributed by atoms with van der Waals surface area (Å²) in [5.41, 5.74) is 0.365. The molecular weight excluding hydrogens is 455 g/mol. The highest BCUT2D eigenvalue weighted by Crippen LogP contribution is 2.27. The number of hydrogen-bond acceptors (Lipinski definition) is 6. The molecule has 0 fully saturated rings. The molecule has 0 spiro atoms. The lowest BCUT2D eigenvalue weighted by Crippen LogP contribution is -2.42. The molecule has 0 unspecified atom stereocenters. The van der Waals surface area contributed by atoms with Crippen LogP contribution in [0.1, 0.15) is 5.56 Å². The molecule has 2 heterocycles. The smallest absolute Gasteiger partial charge is 0.332 e. The number of amides is 1. The SMILES string of the molecule is COc1ccc(CCn2c(=O)c3ncccc3n(CC(=O)Nc3ccc(F)cc3)c2=O)cc1OC. The fraction of sp³-hybridized carbons (Fsp3) is 0.200. The maximum absolute atomic E-state index is 13.3. The van der Waals surface area contributed by atoms with Crippen LogP contribution in [0.5, 0.6) is 11.5 Å². The van der Waals surface area contributed by atoms with Crippen LogP contribution in [0.15, 0.2) is 70.4 Å². The van der Waals surface area contributed by atoms with E-state index >= 15 is 0 Å². The molecule has 0 bridgehead atoms. The number of anilines is 1. The predicted octanol–water partition coefficient (Wildman–Crippen LogP) is 2.60.